The van der Waals surface area contributed by atoms with Crippen molar-refractivity contribution in [2.24, 2.45) is 0 Å². The van der Waals surface area contributed by atoms with Gasteiger partial charge in [-0.05, 0) is 11.6 Å². The van der Waals surface area contributed by atoms with Crippen LogP contribution < -0.4 is 5.32 Å². The number of hydrogen-bond donors (Lipinski definition) is 2. The van der Waals surface area contributed by atoms with Crippen LogP contribution in [0.5, 0.6) is 0 Å². The second-order valence-corrected chi connectivity index (χ2v) is 3.87. The minimum atomic E-state index is -4.32. The molecule has 0 saturated heterocycles. The molecule has 0 aromatic carbocycles. The number of nitrogens with one attached hydrogen (secondary N) is 2. The van der Waals surface area contributed by atoms with Gasteiger partial charge in [-0.25, -0.2) is 4.98 Å². The molecule has 104 valence electrons. The Morgan fingerprint density at radius 3 is 2.89 bits per heavy atom. The molecule has 0 aliphatic rings. The fraction of sp³-hybridized carbons (Fsp3) is 0.444. The third kappa shape index (κ3) is 3.93. The number of imidazole rings is 1. The van der Waals surface area contributed by atoms with Gasteiger partial charge in [0, 0.05) is 6.54 Å². The average molecular weight is 296 g/mol. The second-order valence-electron chi connectivity index (χ2n) is 3.54. The lowest BCUT2D eigenvalue weighted by molar-refractivity contribution is -0.172. The number of aromatic amines is 1. The minimum absolute atomic E-state index is 0.00156. The maximum Gasteiger partial charge on any atom is 0.411 e. The van der Waals surface area contributed by atoms with Crippen molar-refractivity contribution in [3.63, 3.8) is 0 Å². The molecule has 0 saturated carbocycles. The molecule has 0 radical (unpaired) electrons. The molecule has 2 N–H and O–H groups in total. The Morgan fingerprint density at radius 2 is 2.16 bits per heavy atom. The van der Waals surface area contributed by atoms with Gasteiger partial charge in [-0.1, -0.05) is 0 Å². The molecule has 19 heavy (non-hydrogen) atoms. The molecule has 0 bridgehead atoms. The third-order valence-electron chi connectivity index (χ3n) is 2.06. The predicted molar refractivity (Wildman–Crippen MR) is 62.1 cm³/mol. The molecule has 2 aromatic heterocycles. The Labute approximate surface area is 110 Å². The number of halogens is 4. The Bertz CT molecular complexity index is 558. The van der Waals surface area contributed by atoms with Gasteiger partial charge in [0.05, 0.1) is 12.9 Å². The summed E-state index contributed by atoms with van der Waals surface area (Å²) >= 11 is 5.68. The number of fused-ring (bicyclic) bond motifs is 1. The maximum atomic E-state index is 11.8. The zero-order valence-electron chi connectivity index (χ0n) is 9.46. The molecule has 10 heteroatoms. The van der Waals surface area contributed by atoms with E-state index in [0.29, 0.717) is 17.0 Å². The highest BCUT2D eigenvalue weighted by Crippen LogP contribution is 2.18. The predicted octanol–water partition coefficient (Wildman–Crippen LogP) is 2.00. The van der Waals surface area contributed by atoms with E-state index in [1.54, 1.807) is 0 Å². The first-order chi connectivity index (χ1) is 8.96. The van der Waals surface area contributed by atoms with Crippen molar-refractivity contribution in [2.45, 2.75) is 6.18 Å². The van der Waals surface area contributed by atoms with Crippen molar-refractivity contribution in [2.75, 3.05) is 25.1 Å². The molecule has 0 aliphatic carbocycles. The summed E-state index contributed by atoms with van der Waals surface area (Å²) in [5.74, 6) is 0.364. The molecule has 6 nitrogen and oxygen atoms in total. The largest absolute Gasteiger partial charge is 0.411 e. The molecule has 0 fully saturated rings. The standard InChI is InChI=1S/C9H9ClF3N5O/c10-8-17-6(5-7(18-8)16-4-15-5)14-1-2-19-3-9(11,12)13/h4H,1-3H2,(H2,14,15,16,17,18). The van der Waals surface area contributed by atoms with Gasteiger partial charge in [0.2, 0.25) is 5.28 Å². The van der Waals surface area contributed by atoms with Crippen LogP contribution in [-0.4, -0.2) is 45.9 Å². The van der Waals surface area contributed by atoms with Crippen molar-refractivity contribution in [1.29, 1.82) is 0 Å². The topological polar surface area (TPSA) is 75.7 Å². The van der Waals surface area contributed by atoms with Crippen LogP contribution in [0.1, 0.15) is 0 Å². The van der Waals surface area contributed by atoms with E-state index in [1.165, 1.54) is 6.33 Å². The van der Waals surface area contributed by atoms with Crippen molar-refractivity contribution in [3.05, 3.63) is 11.6 Å². The summed E-state index contributed by atoms with van der Waals surface area (Å²) in [4.78, 5) is 14.5. The molecular weight excluding hydrogens is 287 g/mol. The molecule has 2 rings (SSSR count). The fourth-order valence-electron chi connectivity index (χ4n) is 1.36. The summed E-state index contributed by atoms with van der Waals surface area (Å²) < 4.78 is 39.9. The van der Waals surface area contributed by atoms with Crippen LogP contribution in [0.25, 0.3) is 11.2 Å². The SMILES string of the molecule is FC(F)(F)COCCNc1nc(Cl)nc2nc[nH]c12. The zero-order valence-corrected chi connectivity index (χ0v) is 10.2. The van der Waals surface area contributed by atoms with E-state index in [2.05, 4.69) is 30.0 Å². The molecule has 0 unspecified atom stereocenters. The van der Waals surface area contributed by atoms with Gasteiger partial charge < -0.3 is 15.0 Å². The number of alkyl halides is 3. The van der Waals surface area contributed by atoms with E-state index in [9.17, 15) is 13.2 Å². The number of ether oxygens (including phenoxy) is 1. The fourth-order valence-corrected chi connectivity index (χ4v) is 1.53. The first kappa shape index (κ1) is 13.8. The van der Waals surface area contributed by atoms with Crippen molar-refractivity contribution in [3.8, 4) is 0 Å². The molecule has 0 amide bonds. The van der Waals surface area contributed by atoms with Crippen molar-refractivity contribution in [1.82, 2.24) is 19.9 Å². The lowest BCUT2D eigenvalue weighted by Crippen LogP contribution is -2.20. The quantitative estimate of drug-likeness (QED) is 0.652. The van der Waals surface area contributed by atoms with Gasteiger partial charge >= 0.3 is 6.18 Å². The Kier molecular flexibility index (Phi) is 4.05. The average Bonchev–Trinajstić information content (AvgIpc) is 2.74. The van der Waals surface area contributed by atoms with Crippen LogP contribution in [0.3, 0.4) is 0 Å². The van der Waals surface area contributed by atoms with E-state index in [-0.39, 0.29) is 18.4 Å². The van der Waals surface area contributed by atoms with E-state index in [1.807, 2.05) is 0 Å². The number of hydrogen-bond acceptors (Lipinski definition) is 5. The number of rotatable bonds is 5. The highest BCUT2D eigenvalue weighted by molar-refractivity contribution is 6.28. The molecule has 2 heterocycles. The van der Waals surface area contributed by atoms with Crippen molar-refractivity contribution >= 4 is 28.6 Å². The monoisotopic (exact) mass is 295 g/mol. The Hall–Kier alpha value is -1.61. The minimum Gasteiger partial charge on any atom is -0.370 e. The van der Waals surface area contributed by atoms with Gasteiger partial charge in [0.25, 0.3) is 0 Å². The van der Waals surface area contributed by atoms with Crippen LogP contribution >= 0.6 is 11.6 Å². The van der Waals surface area contributed by atoms with E-state index in [4.69, 9.17) is 11.6 Å². The molecule has 0 atom stereocenters. The highest BCUT2D eigenvalue weighted by atomic mass is 35.5. The van der Waals surface area contributed by atoms with Crippen LogP contribution in [0.4, 0.5) is 19.0 Å². The lowest BCUT2D eigenvalue weighted by atomic mass is 10.5. The number of H-pyrrole nitrogens is 1. The van der Waals surface area contributed by atoms with Crippen LogP contribution in [-0.2, 0) is 4.74 Å². The van der Waals surface area contributed by atoms with Crippen LogP contribution in [0, 0.1) is 0 Å². The van der Waals surface area contributed by atoms with Gasteiger partial charge in [0.1, 0.15) is 12.1 Å². The summed E-state index contributed by atoms with van der Waals surface area (Å²) in [6.07, 6.45) is -2.91. The van der Waals surface area contributed by atoms with E-state index < -0.39 is 12.8 Å². The normalized spacial score (nSPS) is 12.0. The zero-order chi connectivity index (χ0) is 13.9. The summed E-state index contributed by atoms with van der Waals surface area (Å²) in [6.45, 7) is -1.24. The van der Waals surface area contributed by atoms with Gasteiger partial charge in [0.15, 0.2) is 11.5 Å². The molecule has 2 aromatic rings. The Morgan fingerprint density at radius 1 is 1.37 bits per heavy atom. The van der Waals surface area contributed by atoms with Crippen LogP contribution in [0.15, 0.2) is 6.33 Å². The molecule has 0 aliphatic heterocycles. The number of anilines is 1. The highest BCUT2D eigenvalue weighted by Gasteiger charge is 2.27. The van der Waals surface area contributed by atoms with Gasteiger partial charge in [-0.2, -0.15) is 23.1 Å². The van der Waals surface area contributed by atoms with E-state index in [0.717, 1.165) is 0 Å². The summed E-state index contributed by atoms with van der Waals surface area (Å²) in [6, 6.07) is 0. The lowest BCUT2D eigenvalue weighted by Gasteiger charge is -2.09. The number of aromatic nitrogens is 4. The smallest absolute Gasteiger partial charge is 0.370 e. The van der Waals surface area contributed by atoms with Crippen molar-refractivity contribution < 1.29 is 17.9 Å². The summed E-state index contributed by atoms with van der Waals surface area (Å²) in [5.41, 5.74) is 0.902. The maximum absolute atomic E-state index is 11.8. The first-order valence-electron chi connectivity index (χ1n) is 5.21. The van der Waals surface area contributed by atoms with Gasteiger partial charge in [-0.3, -0.25) is 0 Å². The Balaban J connectivity index is 1.89. The summed E-state index contributed by atoms with van der Waals surface area (Å²) in [5, 5.41) is 2.80. The number of nitrogens with zero attached hydrogens (tertiary/aromatic N) is 3. The molecule has 0 spiro atoms. The van der Waals surface area contributed by atoms with Crippen LogP contribution in [0.2, 0.25) is 5.28 Å². The summed E-state index contributed by atoms with van der Waals surface area (Å²) in [7, 11) is 0. The van der Waals surface area contributed by atoms with Gasteiger partial charge in [-0.15, -0.1) is 0 Å². The molecular formula is C9H9ClF3N5O. The first-order valence-corrected chi connectivity index (χ1v) is 5.58. The second kappa shape index (κ2) is 5.57. The van der Waals surface area contributed by atoms with E-state index >= 15 is 0 Å². The third-order valence-corrected chi connectivity index (χ3v) is 2.23.